The van der Waals surface area contributed by atoms with Gasteiger partial charge < -0.3 is 25.2 Å². The number of nitrogens with two attached hydrogens (primary N) is 1. The predicted octanol–water partition coefficient (Wildman–Crippen LogP) is 6.61. The number of aliphatic hydroxyl groups excluding tert-OH is 1. The Morgan fingerprint density at radius 1 is 1.24 bits per heavy atom. The molecule has 266 valence electrons. The van der Waals surface area contributed by atoms with Crippen LogP contribution >= 0.6 is 22.9 Å². The fourth-order valence-corrected chi connectivity index (χ4v) is 8.58. The lowest BCUT2D eigenvalue weighted by Gasteiger charge is -2.34. The van der Waals surface area contributed by atoms with Crippen LogP contribution in [0.25, 0.3) is 32.1 Å². The molecule has 0 saturated carbocycles. The van der Waals surface area contributed by atoms with Crippen molar-refractivity contribution in [1.29, 1.82) is 5.26 Å². The second kappa shape index (κ2) is 12.4. The first-order valence-electron chi connectivity index (χ1n) is 15.2. The highest BCUT2D eigenvalue weighted by Crippen LogP contribution is 2.51. The molecule has 2 fully saturated rings. The molecule has 0 radical (unpaired) electrons. The van der Waals surface area contributed by atoms with E-state index >= 15 is 4.39 Å². The molecule has 4 aromatic rings. The number of alkyl halides is 6. The van der Waals surface area contributed by atoms with Gasteiger partial charge in [-0.25, -0.2) is 22.0 Å². The molecule has 0 amide bonds. The van der Waals surface area contributed by atoms with E-state index in [1.54, 1.807) is 0 Å². The van der Waals surface area contributed by atoms with E-state index in [0.29, 0.717) is 29.2 Å². The van der Waals surface area contributed by atoms with Crippen molar-refractivity contribution < 1.29 is 49.7 Å². The number of hydrogen-bond donors (Lipinski definition) is 2. The van der Waals surface area contributed by atoms with E-state index in [4.69, 9.17) is 26.8 Å². The van der Waals surface area contributed by atoms with Crippen LogP contribution in [0, 0.1) is 23.0 Å². The summed E-state index contributed by atoms with van der Waals surface area (Å²) in [4.78, 5) is 10.7. The Morgan fingerprint density at radius 3 is 2.70 bits per heavy atom. The molecular weight excluding hydrogens is 724 g/mol. The van der Waals surface area contributed by atoms with Crippen LogP contribution in [0.15, 0.2) is 12.1 Å². The third-order valence-electron chi connectivity index (χ3n) is 9.48. The third kappa shape index (κ3) is 5.49. The number of benzene rings is 2. The molecule has 9 nitrogen and oxygen atoms in total. The zero-order chi connectivity index (χ0) is 35.9. The Hall–Kier alpha value is -3.92. The Kier molecular flexibility index (Phi) is 8.56. The van der Waals surface area contributed by atoms with Crippen molar-refractivity contribution in [1.82, 2.24) is 14.9 Å². The Labute approximate surface area is 286 Å². The molecule has 2 aromatic heterocycles. The molecule has 50 heavy (non-hydrogen) atoms. The van der Waals surface area contributed by atoms with Gasteiger partial charge in [-0.2, -0.15) is 28.4 Å². The minimum Gasteiger partial charge on any atom is -0.489 e. The molecule has 3 aliphatic heterocycles. The van der Waals surface area contributed by atoms with E-state index in [1.165, 1.54) is 0 Å². The molecule has 3 aliphatic rings. The molecule has 4 atom stereocenters. The molecule has 2 aromatic carbocycles. The smallest absolute Gasteiger partial charge is 0.416 e. The largest absolute Gasteiger partial charge is 0.489 e. The molecule has 3 N–H and O–H groups in total. The normalized spacial score (nSPS) is 23.0. The fourth-order valence-electron chi connectivity index (χ4n) is 7.30. The Morgan fingerprint density at radius 2 is 2.00 bits per heavy atom. The zero-order valence-corrected chi connectivity index (χ0v) is 27.1. The van der Waals surface area contributed by atoms with Gasteiger partial charge in [0.25, 0.3) is 6.43 Å². The van der Waals surface area contributed by atoms with E-state index in [1.807, 2.05) is 11.0 Å². The number of nitriles is 1. The van der Waals surface area contributed by atoms with Gasteiger partial charge in [0.1, 0.15) is 47.6 Å². The third-order valence-corrected chi connectivity index (χ3v) is 10.9. The number of nitrogens with zero attached hydrogens (tertiary/aromatic N) is 5. The van der Waals surface area contributed by atoms with Crippen molar-refractivity contribution in [3.05, 3.63) is 34.4 Å². The summed E-state index contributed by atoms with van der Waals surface area (Å²) in [7, 11) is 0. The standard InChI is InChI=1S/C31H25ClF8N6O3S/c32-21-19(13-2-3-15(34)25-18(13)14(7-41)27(42)50-25)22(37)23-20-24(21)48-10-16(26(47)31(38,39)40)46(9-17(35)36)28(20)44-29(43-23)49-11-30-4-1-5-45(30)8-12(33)6-30/h2-3,12,16-17,26,47H,1,4-6,8-11,42H2/t12-,16-,26?,30+/m1/s1. The number of rotatable bonds is 7. The predicted molar refractivity (Wildman–Crippen MR) is 168 cm³/mol. The lowest BCUT2D eigenvalue weighted by Crippen LogP contribution is -2.54. The summed E-state index contributed by atoms with van der Waals surface area (Å²) in [5.41, 5.74) is 3.63. The highest BCUT2D eigenvalue weighted by molar-refractivity contribution is 7.23. The van der Waals surface area contributed by atoms with Gasteiger partial charge >= 0.3 is 12.2 Å². The first-order valence-corrected chi connectivity index (χ1v) is 16.4. The minimum atomic E-state index is -5.32. The van der Waals surface area contributed by atoms with Gasteiger partial charge in [-0.15, -0.1) is 11.3 Å². The number of aromatic nitrogens is 2. The van der Waals surface area contributed by atoms with Crippen molar-refractivity contribution in [3.8, 4) is 29.0 Å². The van der Waals surface area contributed by atoms with Crippen molar-refractivity contribution in [3.63, 3.8) is 0 Å². The lowest BCUT2D eigenvalue weighted by molar-refractivity contribution is -0.211. The summed E-state index contributed by atoms with van der Waals surface area (Å²) in [5, 5.41) is 18.9. The van der Waals surface area contributed by atoms with Gasteiger partial charge in [-0.05, 0) is 31.0 Å². The van der Waals surface area contributed by atoms with Crippen molar-refractivity contribution in [2.24, 2.45) is 0 Å². The summed E-state index contributed by atoms with van der Waals surface area (Å²) < 4.78 is 128. The van der Waals surface area contributed by atoms with Crippen molar-refractivity contribution in [2.45, 2.75) is 55.7 Å². The molecule has 2 saturated heterocycles. The second-order valence-corrected chi connectivity index (χ2v) is 13.8. The van der Waals surface area contributed by atoms with Gasteiger partial charge in [-0.1, -0.05) is 17.7 Å². The number of aliphatic hydroxyl groups is 1. The highest BCUT2D eigenvalue weighted by atomic mass is 35.5. The van der Waals surface area contributed by atoms with Gasteiger partial charge in [0, 0.05) is 23.9 Å². The average molecular weight is 749 g/mol. The minimum absolute atomic E-state index is 0.0877. The Bertz CT molecular complexity index is 2060. The number of anilines is 2. The topological polar surface area (TPSA) is 121 Å². The molecule has 1 unspecified atom stereocenters. The van der Waals surface area contributed by atoms with Crippen molar-refractivity contribution >= 4 is 54.7 Å². The number of halogens is 9. The van der Waals surface area contributed by atoms with Crippen LogP contribution in [0.3, 0.4) is 0 Å². The molecule has 19 heteroatoms. The van der Waals surface area contributed by atoms with E-state index in [2.05, 4.69) is 9.97 Å². The van der Waals surface area contributed by atoms with Crippen LogP contribution in [0.1, 0.15) is 24.8 Å². The summed E-state index contributed by atoms with van der Waals surface area (Å²) in [6.45, 7) is -1.98. The van der Waals surface area contributed by atoms with Crippen LogP contribution < -0.4 is 20.1 Å². The summed E-state index contributed by atoms with van der Waals surface area (Å²) >= 11 is 7.45. The zero-order valence-electron chi connectivity index (χ0n) is 25.5. The Balaban J connectivity index is 1.49. The van der Waals surface area contributed by atoms with Gasteiger partial charge in [0.2, 0.25) is 0 Å². The molecule has 7 rings (SSSR count). The van der Waals surface area contributed by atoms with Crippen LogP contribution in [0.2, 0.25) is 5.02 Å². The van der Waals surface area contributed by atoms with Crippen molar-refractivity contribution in [2.75, 3.05) is 43.5 Å². The monoisotopic (exact) mass is 748 g/mol. The van der Waals surface area contributed by atoms with Gasteiger partial charge in [-0.3, -0.25) is 4.90 Å². The number of hydrogen-bond acceptors (Lipinski definition) is 10. The maximum Gasteiger partial charge on any atom is 0.416 e. The molecule has 0 spiro atoms. The second-order valence-electron chi connectivity index (χ2n) is 12.4. The van der Waals surface area contributed by atoms with Crippen LogP contribution in [-0.2, 0) is 0 Å². The summed E-state index contributed by atoms with van der Waals surface area (Å²) in [6.07, 6.45) is -11.7. The van der Waals surface area contributed by atoms with Crippen LogP contribution in [0.5, 0.6) is 11.8 Å². The first-order chi connectivity index (χ1) is 23.6. The maximum absolute atomic E-state index is 17.0. The lowest BCUT2D eigenvalue weighted by atomic mass is 9.95. The fraction of sp³-hybridized carbons (Fsp3) is 0.452. The summed E-state index contributed by atoms with van der Waals surface area (Å²) in [5.74, 6) is -3.27. The molecular formula is C31H25ClF8N6O3S. The average Bonchev–Trinajstić information content (AvgIpc) is 3.66. The maximum atomic E-state index is 17.0. The quantitative estimate of drug-likeness (QED) is 0.201. The van der Waals surface area contributed by atoms with E-state index in [0.717, 1.165) is 18.6 Å². The van der Waals surface area contributed by atoms with E-state index < -0.39 is 100 Å². The van der Waals surface area contributed by atoms with Crippen LogP contribution in [-0.4, -0.2) is 89.3 Å². The number of fused-ring (bicyclic) bond motifs is 2. The molecule has 0 bridgehead atoms. The highest BCUT2D eigenvalue weighted by Gasteiger charge is 2.51. The number of ether oxygens (including phenoxy) is 2. The molecule has 0 aliphatic carbocycles. The molecule has 5 heterocycles. The first kappa shape index (κ1) is 34.5. The number of nitrogen functional groups attached to an aromatic ring is 1. The van der Waals surface area contributed by atoms with E-state index in [9.17, 15) is 41.1 Å². The van der Waals surface area contributed by atoms with E-state index in [-0.39, 0.29) is 45.8 Å². The SMILES string of the molecule is N#Cc1c(N)sc2c(F)ccc(-c3c(Cl)c4c5c(nc(OC[C@@]67CCCN6C[C@H](F)C7)nc5c3F)N(CC(F)F)[C@@H](C(O)C(F)(F)F)CO4)c12. The van der Waals surface area contributed by atoms with Gasteiger partial charge in [0.15, 0.2) is 17.7 Å². The summed E-state index contributed by atoms with van der Waals surface area (Å²) in [6, 6.07) is 1.06. The van der Waals surface area contributed by atoms with Gasteiger partial charge in [0.05, 0.1) is 38.8 Å². The van der Waals surface area contributed by atoms with Crippen LogP contribution in [0.4, 0.5) is 45.9 Å². The number of thiophene rings is 1.